The van der Waals surface area contributed by atoms with E-state index in [1.807, 2.05) is 19.9 Å². The van der Waals surface area contributed by atoms with Crippen LogP contribution in [-0.4, -0.2) is 10.6 Å². The molecule has 16 heavy (non-hydrogen) atoms. The van der Waals surface area contributed by atoms with Crippen LogP contribution in [0.5, 0.6) is 0 Å². The number of rotatable bonds is 2. The van der Waals surface area contributed by atoms with Gasteiger partial charge in [0, 0.05) is 12.2 Å². The Kier molecular flexibility index (Phi) is 3.19. The summed E-state index contributed by atoms with van der Waals surface area (Å²) in [5.74, 6) is 0.541. The fraction of sp³-hybridized carbons (Fsp3) is 0.417. The zero-order valence-corrected chi connectivity index (χ0v) is 10.2. The quantitative estimate of drug-likeness (QED) is 0.787. The first-order chi connectivity index (χ1) is 7.55. The molecule has 1 aliphatic heterocycles. The SMILES string of the molecule is CC1(C)CC(SCc2cccc(F)c2)=NO1. The number of thioether (sulfide) groups is 1. The average Bonchev–Trinajstić information content (AvgIpc) is 2.56. The van der Waals surface area contributed by atoms with Crippen molar-refractivity contribution in [3.63, 3.8) is 0 Å². The molecule has 4 heteroatoms. The number of oxime groups is 1. The maximum atomic E-state index is 12.9. The Morgan fingerprint density at radius 1 is 1.50 bits per heavy atom. The molecule has 2 nitrogen and oxygen atoms in total. The summed E-state index contributed by atoms with van der Waals surface area (Å²) < 4.78 is 12.9. The van der Waals surface area contributed by atoms with Crippen LogP contribution < -0.4 is 0 Å². The van der Waals surface area contributed by atoms with Gasteiger partial charge >= 0.3 is 0 Å². The lowest BCUT2D eigenvalue weighted by molar-refractivity contribution is 0.0123. The highest BCUT2D eigenvalue weighted by atomic mass is 32.2. The Morgan fingerprint density at radius 3 is 2.94 bits per heavy atom. The third kappa shape index (κ3) is 2.98. The molecule has 0 saturated carbocycles. The van der Waals surface area contributed by atoms with E-state index in [9.17, 15) is 4.39 Å². The van der Waals surface area contributed by atoms with Crippen molar-refractivity contribution in [2.24, 2.45) is 5.16 Å². The second kappa shape index (κ2) is 4.45. The van der Waals surface area contributed by atoms with Crippen LogP contribution in [-0.2, 0) is 10.6 Å². The zero-order valence-electron chi connectivity index (χ0n) is 9.37. The summed E-state index contributed by atoms with van der Waals surface area (Å²) in [6.07, 6.45) is 0.826. The minimum atomic E-state index is -0.192. The summed E-state index contributed by atoms with van der Waals surface area (Å²) in [6, 6.07) is 6.64. The Labute approximate surface area is 98.9 Å². The summed E-state index contributed by atoms with van der Waals surface area (Å²) in [4.78, 5) is 5.26. The van der Waals surface area contributed by atoms with E-state index in [2.05, 4.69) is 5.16 Å². The number of hydrogen-bond donors (Lipinski definition) is 0. The Bertz CT molecular complexity index is 417. The van der Waals surface area contributed by atoms with Crippen molar-refractivity contribution in [3.8, 4) is 0 Å². The van der Waals surface area contributed by atoms with Crippen LogP contribution in [0, 0.1) is 5.82 Å². The molecule has 0 saturated heterocycles. The van der Waals surface area contributed by atoms with Gasteiger partial charge in [-0.25, -0.2) is 4.39 Å². The summed E-state index contributed by atoms with van der Waals surface area (Å²) in [5, 5.41) is 4.99. The van der Waals surface area contributed by atoms with E-state index < -0.39 is 0 Å². The predicted molar refractivity (Wildman–Crippen MR) is 64.9 cm³/mol. The molecule has 1 heterocycles. The van der Waals surface area contributed by atoms with Gasteiger partial charge in [-0.1, -0.05) is 17.3 Å². The molecule has 0 bridgehead atoms. The van der Waals surface area contributed by atoms with Crippen molar-refractivity contribution in [2.45, 2.75) is 31.6 Å². The van der Waals surface area contributed by atoms with E-state index in [4.69, 9.17) is 4.84 Å². The molecule has 0 atom stereocenters. The van der Waals surface area contributed by atoms with Crippen molar-refractivity contribution >= 4 is 16.8 Å². The largest absolute Gasteiger partial charge is 0.389 e. The van der Waals surface area contributed by atoms with Gasteiger partial charge in [0.25, 0.3) is 0 Å². The molecular formula is C12H14FNOS. The van der Waals surface area contributed by atoms with E-state index in [1.54, 1.807) is 23.9 Å². The highest BCUT2D eigenvalue weighted by Gasteiger charge is 2.28. The van der Waals surface area contributed by atoms with Crippen molar-refractivity contribution < 1.29 is 9.23 Å². The molecular weight excluding hydrogens is 225 g/mol. The second-order valence-electron chi connectivity index (χ2n) is 4.43. The summed E-state index contributed by atoms with van der Waals surface area (Å²) in [6.45, 7) is 4.01. The molecule has 1 aliphatic rings. The maximum absolute atomic E-state index is 12.9. The standard InChI is InChI=1S/C12H14FNOS/c1-12(2)7-11(14-15-12)16-8-9-4-3-5-10(13)6-9/h3-6H,7-8H2,1-2H3. The first-order valence-electron chi connectivity index (χ1n) is 5.17. The Morgan fingerprint density at radius 2 is 2.31 bits per heavy atom. The van der Waals surface area contributed by atoms with Gasteiger partial charge in [-0.15, -0.1) is 11.8 Å². The molecule has 0 aliphatic carbocycles. The van der Waals surface area contributed by atoms with Crippen LogP contribution in [0.15, 0.2) is 29.4 Å². The van der Waals surface area contributed by atoms with Crippen molar-refractivity contribution in [2.75, 3.05) is 0 Å². The van der Waals surface area contributed by atoms with Crippen molar-refractivity contribution in [1.82, 2.24) is 0 Å². The average molecular weight is 239 g/mol. The van der Waals surface area contributed by atoms with Crippen LogP contribution >= 0.6 is 11.8 Å². The predicted octanol–water partition coefficient (Wildman–Crippen LogP) is 3.57. The Hall–Kier alpha value is -1.03. The molecule has 0 amide bonds. The highest BCUT2D eigenvalue weighted by molar-refractivity contribution is 8.13. The molecule has 2 rings (SSSR count). The smallest absolute Gasteiger partial charge is 0.138 e. The number of nitrogens with zero attached hydrogens (tertiary/aromatic N) is 1. The topological polar surface area (TPSA) is 21.6 Å². The van der Waals surface area contributed by atoms with Gasteiger partial charge in [-0.05, 0) is 31.5 Å². The van der Waals surface area contributed by atoms with Crippen LogP contribution in [0.2, 0.25) is 0 Å². The minimum absolute atomic E-state index is 0.190. The molecule has 0 N–H and O–H groups in total. The Balaban J connectivity index is 1.89. The third-order valence-corrected chi connectivity index (χ3v) is 3.30. The molecule has 0 fully saturated rings. The number of halogens is 1. The van der Waals surface area contributed by atoms with Gasteiger partial charge in [0.15, 0.2) is 0 Å². The van der Waals surface area contributed by atoms with Crippen LogP contribution in [0.3, 0.4) is 0 Å². The highest BCUT2D eigenvalue weighted by Crippen LogP contribution is 2.29. The van der Waals surface area contributed by atoms with Gasteiger partial charge in [-0.3, -0.25) is 0 Å². The van der Waals surface area contributed by atoms with E-state index in [0.29, 0.717) is 0 Å². The monoisotopic (exact) mass is 239 g/mol. The lowest BCUT2D eigenvalue weighted by Crippen LogP contribution is -2.18. The second-order valence-corrected chi connectivity index (χ2v) is 5.48. The maximum Gasteiger partial charge on any atom is 0.138 e. The van der Waals surface area contributed by atoms with Crippen LogP contribution in [0.25, 0.3) is 0 Å². The molecule has 86 valence electrons. The third-order valence-electron chi connectivity index (χ3n) is 2.27. The van der Waals surface area contributed by atoms with E-state index in [1.165, 1.54) is 6.07 Å². The molecule has 0 unspecified atom stereocenters. The molecule has 0 aromatic heterocycles. The van der Waals surface area contributed by atoms with Gasteiger partial charge in [0.2, 0.25) is 0 Å². The summed E-state index contributed by atoms with van der Waals surface area (Å²) in [5.41, 5.74) is 0.780. The first-order valence-corrected chi connectivity index (χ1v) is 6.16. The molecule has 1 aromatic carbocycles. The first kappa shape index (κ1) is 11.5. The van der Waals surface area contributed by atoms with E-state index >= 15 is 0 Å². The fourth-order valence-electron chi connectivity index (χ4n) is 1.47. The van der Waals surface area contributed by atoms with Gasteiger partial charge in [0.05, 0.1) is 0 Å². The normalized spacial score (nSPS) is 18.1. The minimum Gasteiger partial charge on any atom is -0.389 e. The molecule has 0 radical (unpaired) electrons. The van der Waals surface area contributed by atoms with Crippen LogP contribution in [0.4, 0.5) is 4.39 Å². The summed E-state index contributed by atoms with van der Waals surface area (Å²) in [7, 11) is 0. The number of hydrogen-bond acceptors (Lipinski definition) is 3. The van der Waals surface area contributed by atoms with E-state index in [-0.39, 0.29) is 11.4 Å². The molecule has 1 aromatic rings. The van der Waals surface area contributed by atoms with Gasteiger partial charge in [0.1, 0.15) is 16.5 Å². The van der Waals surface area contributed by atoms with Gasteiger partial charge in [-0.2, -0.15) is 0 Å². The zero-order chi connectivity index (χ0) is 11.6. The van der Waals surface area contributed by atoms with Crippen molar-refractivity contribution in [3.05, 3.63) is 35.6 Å². The lowest BCUT2D eigenvalue weighted by Gasteiger charge is -2.13. The fourth-order valence-corrected chi connectivity index (χ4v) is 2.53. The van der Waals surface area contributed by atoms with Crippen molar-refractivity contribution in [1.29, 1.82) is 0 Å². The van der Waals surface area contributed by atoms with E-state index in [0.717, 1.165) is 22.8 Å². The lowest BCUT2D eigenvalue weighted by atomic mass is 10.1. The molecule has 0 spiro atoms. The van der Waals surface area contributed by atoms with Gasteiger partial charge < -0.3 is 4.84 Å². The summed E-state index contributed by atoms with van der Waals surface area (Å²) >= 11 is 1.61. The van der Waals surface area contributed by atoms with Crippen LogP contribution in [0.1, 0.15) is 25.8 Å². The number of benzene rings is 1.